The highest BCUT2D eigenvalue weighted by atomic mass is 32.2. The third-order valence-corrected chi connectivity index (χ3v) is 6.52. The maximum absolute atomic E-state index is 3.76. The fraction of sp³-hybridized carbons (Fsp3) is 0.684. The summed E-state index contributed by atoms with van der Waals surface area (Å²) in [5, 5.41) is 4.61. The summed E-state index contributed by atoms with van der Waals surface area (Å²) in [5.41, 5.74) is 1.37. The molecule has 0 aliphatic heterocycles. The Morgan fingerprint density at radius 2 is 1.86 bits per heavy atom. The Bertz CT molecular complexity index is 439. The van der Waals surface area contributed by atoms with Crippen LogP contribution in [0, 0.1) is 11.8 Å². The monoisotopic (exact) mass is 303 g/mol. The second-order valence-electron chi connectivity index (χ2n) is 7.04. The maximum Gasteiger partial charge on any atom is 0.0478 e. The highest BCUT2D eigenvalue weighted by Gasteiger charge is 2.20. The van der Waals surface area contributed by atoms with E-state index >= 15 is 0 Å². The molecule has 3 rings (SSSR count). The molecule has 2 atom stereocenters. The van der Waals surface area contributed by atoms with Crippen molar-refractivity contribution >= 4 is 17.4 Å². The SMILES string of the molecule is CC1CCCC(CNc2ccccc2SC2CCCC2)C1. The predicted octanol–water partition coefficient (Wildman–Crippen LogP) is 5.96. The standard InChI is InChI=1S/C19H29NS/c1-15-7-6-8-16(13-15)14-20-18-11-4-5-12-19(18)21-17-9-2-3-10-17/h4-5,11-12,15-17,20H,2-3,6-10,13-14H2,1H3. The predicted molar refractivity (Wildman–Crippen MR) is 94.2 cm³/mol. The van der Waals surface area contributed by atoms with Gasteiger partial charge in [0.25, 0.3) is 0 Å². The summed E-state index contributed by atoms with van der Waals surface area (Å²) in [6, 6.07) is 8.92. The van der Waals surface area contributed by atoms with E-state index in [1.54, 1.807) is 0 Å². The lowest BCUT2D eigenvalue weighted by molar-refractivity contribution is 0.293. The second-order valence-corrected chi connectivity index (χ2v) is 8.38. The van der Waals surface area contributed by atoms with Crippen molar-refractivity contribution < 1.29 is 0 Å². The lowest BCUT2D eigenvalue weighted by atomic mass is 9.82. The zero-order valence-electron chi connectivity index (χ0n) is 13.3. The molecule has 2 heteroatoms. The Morgan fingerprint density at radius 3 is 2.67 bits per heavy atom. The summed E-state index contributed by atoms with van der Waals surface area (Å²) in [4.78, 5) is 1.47. The van der Waals surface area contributed by atoms with Crippen LogP contribution in [0.15, 0.2) is 29.2 Å². The number of rotatable bonds is 5. The van der Waals surface area contributed by atoms with Crippen molar-refractivity contribution in [3.63, 3.8) is 0 Å². The van der Waals surface area contributed by atoms with Gasteiger partial charge in [-0.2, -0.15) is 0 Å². The number of benzene rings is 1. The molecular formula is C19H29NS. The molecule has 0 heterocycles. The van der Waals surface area contributed by atoms with Gasteiger partial charge in [0.05, 0.1) is 0 Å². The molecule has 0 amide bonds. The Morgan fingerprint density at radius 1 is 1.05 bits per heavy atom. The third-order valence-electron chi connectivity index (χ3n) is 5.11. The normalized spacial score (nSPS) is 26.9. The largest absolute Gasteiger partial charge is 0.384 e. The van der Waals surface area contributed by atoms with Crippen molar-refractivity contribution in [3.05, 3.63) is 24.3 Å². The van der Waals surface area contributed by atoms with Crippen LogP contribution in [-0.4, -0.2) is 11.8 Å². The number of anilines is 1. The number of nitrogens with one attached hydrogen (secondary N) is 1. The number of hydrogen-bond donors (Lipinski definition) is 1. The molecule has 2 unspecified atom stereocenters. The van der Waals surface area contributed by atoms with E-state index in [0.29, 0.717) is 0 Å². The highest BCUT2D eigenvalue weighted by Crippen LogP contribution is 2.38. The van der Waals surface area contributed by atoms with E-state index in [0.717, 1.165) is 23.6 Å². The van der Waals surface area contributed by atoms with Crippen LogP contribution in [0.4, 0.5) is 5.69 Å². The van der Waals surface area contributed by atoms with Gasteiger partial charge < -0.3 is 5.32 Å². The highest BCUT2D eigenvalue weighted by molar-refractivity contribution is 8.00. The van der Waals surface area contributed by atoms with E-state index in [4.69, 9.17) is 0 Å². The molecule has 2 aliphatic rings. The lowest BCUT2D eigenvalue weighted by Gasteiger charge is -2.27. The van der Waals surface area contributed by atoms with Gasteiger partial charge in [0.15, 0.2) is 0 Å². The van der Waals surface area contributed by atoms with Crippen LogP contribution in [0.1, 0.15) is 58.3 Å². The minimum atomic E-state index is 0.850. The van der Waals surface area contributed by atoms with Crippen LogP contribution in [0.5, 0.6) is 0 Å². The molecule has 1 aromatic carbocycles. The molecule has 1 aromatic rings. The van der Waals surface area contributed by atoms with E-state index in [1.165, 1.54) is 61.9 Å². The van der Waals surface area contributed by atoms with E-state index in [1.807, 2.05) is 0 Å². The molecule has 21 heavy (non-hydrogen) atoms. The smallest absolute Gasteiger partial charge is 0.0478 e. The van der Waals surface area contributed by atoms with Crippen molar-refractivity contribution in [1.82, 2.24) is 0 Å². The summed E-state index contributed by atoms with van der Waals surface area (Å²) in [7, 11) is 0. The average molecular weight is 304 g/mol. The fourth-order valence-corrected chi connectivity index (χ4v) is 5.25. The number of para-hydroxylation sites is 1. The summed E-state index contributed by atoms with van der Waals surface area (Å²) in [5.74, 6) is 1.80. The van der Waals surface area contributed by atoms with Crippen molar-refractivity contribution in [2.45, 2.75) is 68.4 Å². The van der Waals surface area contributed by atoms with E-state index in [2.05, 4.69) is 48.3 Å². The van der Waals surface area contributed by atoms with Crippen LogP contribution >= 0.6 is 11.8 Å². The molecule has 0 bridgehead atoms. The fourth-order valence-electron chi connectivity index (χ4n) is 3.90. The second kappa shape index (κ2) is 7.58. The average Bonchev–Trinajstić information content (AvgIpc) is 2.99. The minimum Gasteiger partial charge on any atom is -0.384 e. The van der Waals surface area contributed by atoms with Gasteiger partial charge in [0.1, 0.15) is 0 Å². The van der Waals surface area contributed by atoms with Crippen LogP contribution < -0.4 is 5.32 Å². The zero-order valence-corrected chi connectivity index (χ0v) is 14.1. The molecule has 0 radical (unpaired) electrons. The van der Waals surface area contributed by atoms with Gasteiger partial charge >= 0.3 is 0 Å². The third kappa shape index (κ3) is 4.42. The van der Waals surface area contributed by atoms with Gasteiger partial charge in [0.2, 0.25) is 0 Å². The van der Waals surface area contributed by atoms with Crippen LogP contribution in [0.25, 0.3) is 0 Å². The molecule has 2 saturated carbocycles. The van der Waals surface area contributed by atoms with Gasteiger partial charge in [-0.25, -0.2) is 0 Å². The Hall–Kier alpha value is -0.630. The van der Waals surface area contributed by atoms with Crippen LogP contribution in [0.2, 0.25) is 0 Å². The van der Waals surface area contributed by atoms with Crippen LogP contribution in [-0.2, 0) is 0 Å². The first-order valence-electron chi connectivity index (χ1n) is 8.81. The van der Waals surface area contributed by atoms with E-state index in [9.17, 15) is 0 Å². The van der Waals surface area contributed by atoms with Crippen molar-refractivity contribution in [2.75, 3.05) is 11.9 Å². The molecule has 2 aliphatic carbocycles. The molecule has 116 valence electrons. The van der Waals surface area contributed by atoms with Gasteiger partial charge in [-0.15, -0.1) is 11.8 Å². The van der Waals surface area contributed by atoms with Crippen molar-refractivity contribution in [3.8, 4) is 0 Å². The molecule has 0 aromatic heterocycles. The minimum absolute atomic E-state index is 0.850. The molecule has 1 nitrogen and oxygen atoms in total. The molecule has 0 saturated heterocycles. The summed E-state index contributed by atoms with van der Waals surface area (Å²) in [6.45, 7) is 3.57. The first-order valence-corrected chi connectivity index (χ1v) is 9.69. The van der Waals surface area contributed by atoms with Gasteiger partial charge in [-0.3, -0.25) is 0 Å². The van der Waals surface area contributed by atoms with Gasteiger partial charge in [-0.05, 0) is 49.7 Å². The lowest BCUT2D eigenvalue weighted by Crippen LogP contribution is -2.21. The quantitative estimate of drug-likeness (QED) is 0.720. The van der Waals surface area contributed by atoms with E-state index in [-0.39, 0.29) is 0 Å². The summed E-state index contributed by atoms with van der Waals surface area (Å²) < 4.78 is 0. The Kier molecular flexibility index (Phi) is 5.51. The first-order chi connectivity index (χ1) is 10.3. The van der Waals surface area contributed by atoms with Crippen molar-refractivity contribution in [2.24, 2.45) is 11.8 Å². The number of thioether (sulfide) groups is 1. The molecule has 0 spiro atoms. The Balaban J connectivity index is 1.56. The topological polar surface area (TPSA) is 12.0 Å². The molecule has 2 fully saturated rings. The zero-order chi connectivity index (χ0) is 14.5. The molecule has 1 N–H and O–H groups in total. The maximum atomic E-state index is 3.76. The Labute approximate surface area is 134 Å². The summed E-state index contributed by atoms with van der Waals surface area (Å²) in [6.07, 6.45) is 11.3. The number of hydrogen-bond acceptors (Lipinski definition) is 2. The van der Waals surface area contributed by atoms with Gasteiger partial charge in [-0.1, -0.05) is 44.7 Å². The van der Waals surface area contributed by atoms with Crippen LogP contribution in [0.3, 0.4) is 0 Å². The van der Waals surface area contributed by atoms with E-state index < -0.39 is 0 Å². The first kappa shape index (κ1) is 15.3. The molecular weight excluding hydrogens is 274 g/mol. The van der Waals surface area contributed by atoms with Crippen molar-refractivity contribution in [1.29, 1.82) is 0 Å². The van der Waals surface area contributed by atoms with Gasteiger partial charge in [0, 0.05) is 22.4 Å². The summed E-state index contributed by atoms with van der Waals surface area (Å²) >= 11 is 2.10.